The Morgan fingerprint density at radius 2 is 2.20 bits per heavy atom. The van der Waals surface area contributed by atoms with E-state index in [4.69, 9.17) is 10.3 Å². The van der Waals surface area contributed by atoms with Crippen molar-refractivity contribution in [2.45, 2.75) is 45.8 Å². The quantitative estimate of drug-likeness (QED) is 0.443. The predicted octanol–water partition coefficient (Wildman–Crippen LogP) is 2.60. The van der Waals surface area contributed by atoms with Crippen LogP contribution in [-0.4, -0.2) is 24.3 Å². The standard InChI is InChI=1S/C9H18N4O2/c1-7(5-6-11-13-10)12-8(14)15-9(2,3)4/h7H,5-6H2,1-4H3,(H,12,14)/t7-/m1/s1. The molecule has 0 aliphatic carbocycles. The number of nitrogens with one attached hydrogen (secondary N) is 1. The van der Waals surface area contributed by atoms with Gasteiger partial charge in [0.1, 0.15) is 5.60 Å². The second-order valence-corrected chi connectivity index (χ2v) is 4.29. The third-order valence-electron chi connectivity index (χ3n) is 1.49. The smallest absolute Gasteiger partial charge is 0.407 e. The van der Waals surface area contributed by atoms with Crippen LogP contribution in [0.2, 0.25) is 0 Å². The van der Waals surface area contributed by atoms with Gasteiger partial charge in [0.25, 0.3) is 0 Å². The highest BCUT2D eigenvalue weighted by Crippen LogP contribution is 2.07. The largest absolute Gasteiger partial charge is 0.444 e. The molecule has 1 atom stereocenters. The number of carbonyl (C=O) groups excluding carboxylic acids is 1. The molecule has 0 spiro atoms. The lowest BCUT2D eigenvalue weighted by atomic mass is 10.2. The molecule has 0 saturated heterocycles. The first kappa shape index (κ1) is 13.6. The molecule has 0 aliphatic rings. The fourth-order valence-corrected chi connectivity index (χ4v) is 0.877. The number of hydrogen-bond acceptors (Lipinski definition) is 3. The molecule has 1 amide bonds. The van der Waals surface area contributed by atoms with E-state index in [2.05, 4.69) is 15.3 Å². The van der Waals surface area contributed by atoms with E-state index in [1.807, 2.05) is 6.92 Å². The van der Waals surface area contributed by atoms with E-state index in [0.29, 0.717) is 13.0 Å². The summed E-state index contributed by atoms with van der Waals surface area (Å²) in [7, 11) is 0. The molecule has 0 aromatic heterocycles. The average molecular weight is 214 g/mol. The molecule has 0 saturated carbocycles. The molecule has 0 heterocycles. The average Bonchev–Trinajstić information content (AvgIpc) is 2.00. The van der Waals surface area contributed by atoms with Gasteiger partial charge >= 0.3 is 6.09 Å². The van der Waals surface area contributed by atoms with Gasteiger partial charge < -0.3 is 10.1 Å². The monoisotopic (exact) mass is 214 g/mol. The Labute approximate surface area is 89.6 Å². The number of hydrogen-bond donors (Lipinski definition) is 1. The van der Waals surface area contributed by atoms with Gasteiger partial charge in [0, 0.05) is 17.5 Å². The minimum atomic E-state index is -0.491. The Bertz CT molecular complexity index is 253. The molecule has 0 aromatic carbocycles. The number of azide groups is 1. The third-order valence-corrected chi connectivity index (χ3v) is 1.49. The summed E-state index contributed by atoms with van der Waals surface area (Å²) in [5.74, 6) is 0. The number of rotatable bonds is 4. The Kier molecular flexibility index (Phi) is 5.56. The summed E-state index contributed by atoms with van der Waals surface area (Å²) in [6.07, 6.45) is 0.152. The maximum atomic E-state index is 11.3. The van der Waals surface area contributed by atoms with Crippen LogP contribution in [0.5, 0.6) is 0 Å². The van der Waals surface area contributed by atoms with Crippen molar-refractivity contribution in [1.29, 1.82) is 0 Å². The van der Waals surface area contributed by atoms with Gasteiger partial charge in [-0.1, -0.05) is 5.11 Å². The van der Waals surface area contributed by atoms with Crippen LogP contribution in [0.25, 0.3) is 10.4 Å². The van der Waals surface area contributed by atoms with Gasteiger partial charge in [-0.2, -0.15) is 0 Å². The normalized spacial score (nSPS) is 12.5. The van der Waals surface area contributed by atoms with Gasteiger partial charge in [-0.05, 0) is 39.6 Å². The van der Waals surface area contributed by atoms with Crippen molar-refractivity contribution < 1.29 is 9.53 Å². The van der Waals surface area contributed by atoms with Crippen LogP contribution >= 0.6 is 0 Å². The van der Waals surface area contributed by atoms with Gasteiger partial charge in [-0.25, -0.2) is 4.79 Å². The first-order valence-corrected chi connectivity index (χ1v) is 4.85. The summed E-state index contributed by atoms with van der Waals surface area (Å²) in [4.78, 5) is 13.9. The van der Waals surface area contributed by atoms with Crippen LogP contribution in [-0.2, 0) is 4.74 Å². The van der Waals surface area contributed by atoms with Gasteiger partial charge in [0.05, 0.1) is 0 Å². The number of nitrogens with zero attached hydrogens (tertiary/aromatic N) is 3. The van der Waals surface area contributed by atoms with Crippen molar-refractivity contribution in [2.75, 3.05) is 6.54 Å². The lowest BCUT2D eigenvalue weighted by molar-refractivity contribution is 0.0507. The molecule has 0 fully saturated rings. The summed E-state index contributed by atoms with van der Waals surface area (Å²) in [6.45, 7) is 7.61. The number of carbonyl (C=O) groups is 1. The second kappa shape index (κ2) is 6.14. The lowest BCUT2D eigenvalue weighted by Gasteiger charge is -2.21. The molecule has 1 N–H and O–H groups in total. The molecule has 0 unspecified atom stereocenters. The summed E-state index contributed by atoms with van der Waals surface area (Å²) in [6, 6.07) is -0.0645. The number of ether oxygens (including phenoxy) is 1. The van der Waals surface area contributed by atoms with Crippen molar-refractivity contribution in [3.8, 4) is 0 Å². The first-order chi connectivity index (χ1) is 6.85. The molecule has 0 radical (unpaired) electrons. The maximum absolute atomic E-state index is 11.3. The maximum Gasteiger partial charge on any atom is 0.407 e. The van der Waals surface area contributed by atoms with Crippen LogP contribution in [0.3, 0.4) is 0 Å². The van der Waals surface area contributed by atoms with Crippen LogP contribution in [0.4, 0.5) is 4.79 Å². The topological polar surface area (TPSA) is 87.1 Å². The van der Waals surface area contributed by atoms with Crippen LogP contribution in [0.1, 0.15) is 34.1 Å². The predicted molar refractivity (Wildman–Crippen MR) is 57.5 cm³/mol. The molecule has 6 nitrogen and oxygen atoms in total. The Morgan fingerprint density at radius 3 is 2.67 bits per heavy atom. The molecule has 6 heteroatoms. The van der Waals surface area contributed by atoms with Crippen LogP contribution in [0.15, 0.2) is 5.11 Å². The summed E-state index contributed by atoms with van der Waals surface area (Å²) in [5.41, 5.74) is 7.57. The molecule has 0 rings (SSSR count). The minimum absolute atomic E-state index is 0.0645. The zero-order valence-electron chi connectivity index (χ0n) is 9.65. The van der Waals surface area contributed by atoms with Crippen molar-refractivity contribution in [3.63, 3.8) is 0 Å². The van der Waals surface area contributed by atoms with E-state index in [9.17, 15) is 4.79 Å². The van der Waals surface area contributed by atoms with E-state index >= 15 is 0 Å². The van der Waals surface area contributed by atoms with Crippen molar-refractivity contribution >= 4 is 6.09 Å². The summed E-state index contributed by atoms with van der Waals surface area (Å²) < 4.78 is 5.06. The van der Waals surface area contributed by atoms with E-state index in [0.717, 1.165) is 0 Å². The second-order valence-electron chi connectivity index (χ2n) is 4.29. The van der Waals surface area contributed by atoms with Gasteiger partial charge in [0.15, 0.2) is 0 Å². The first-order valence-electron chi connectivity index (χ1n) is 4.85. The number of amides is 1. The summed E-state index contributed by atoms with van der Waals surface area (Å²) in [5, 5.41) is 6.03. The molecule has 15 heavy (non-hydrogen) atoms. The third kappa shape index (κ3) is 8.90. The van der Waals surface area contributed by atoms with Crippen molar-refractivity contribution in [2.24, 2.45) is 5.11 Å². The minimum Gasteiger partial charge on any atom is -0.444 e. The zero-order valence-corrected chi connectivity index (χ0v) is 9.65. The molecular formula is C9H18N4O2. The Hall–Kier alpha value is -1.42. The van der Waals surface area contributed by atoms with Crippen LogP contribution < -0.4 is 5.32 Å². The van der Waals surface area contributed by atoms with E-state index in [1.165, 1.54) is 0 Å². The van der Waals surface area contributed by atoms with E-state index in [-0.39, 0.29) is 6.04 Å². The van der Waals surface area contributed by atoms with E-state index < -0.39 is 11.7 Å². The molecule has 0 aliphatic heterocycles. The van der Waals surface area contributed by atoms with Crippen molar-refractivity contribution in [1.82, 2.24) is 5.32 Å². The molecule has 0 aromatic rings. The highest BCUT2D eigenvalue weighted by Gasteiger charge is 2.17. The Balaban J connectivity index is 3.81. The molecule has 0 bridgehead atoms. The Morgan fingerprint density at radius 1 is 1.60 bits per heavy atom. The SMILES string of the molecule is C[C@H](CCN=[N+]=[N-])NC(=O)OC(C)(C)C. The fourth-order valence-electron chi connectivity index (χ4n) is 0.877. The highest BCUT2D eigenvalue weighted by molar-refractivity contribution is 5.67. The van der Waals surface area contributed by atoms with Crippen molar-refractivity contribution in [3.05, 3.63) is 10.4 Å². The van der Waals surface area contributed by atoms with Gasteiger partial charge in [-0.3, -0.25) is 0 Å². The zero-order chi connectivity index (χ0) is 11.9. The van der Waals surface area contributed by atoms with Gasteiger partial charge in [0.2, 0.25) is 0 Å². The molecule has 86 valence electrons. The van der Waals surface area contributed by atoms with Crippen LogP contribution in [0, 0.1) is 0 Å². The molecular weight excluding hydrogens is 196 g/mol. The summed E-state index contributed by atoms with van der Waals surface area (Å²) >= 11 is 0. The number of alkyl carbamates (subject to hydrolysis) is 1. The lowest BCUT2D eigenvalue weighted by Crippen LogP contribution is -2.37. The fraction of sp³-hybridized carbons (Fsp3) is 0.889. The van der Waals surface area contributed by atoms with Gasteiger partial charge in [-0.15, -0.1) is 0 Å². The highest BCUT2D eigenvalue weighted by atomic mass is 16.6. The van der Waals surface area contributed by atoms with E-state index in [1.54, 1.807) is 20.8 Å².